The topological polar surface area (TPSA) is 55.5 Å². The van der Waals surface area contributed by atoms with E-state index in [1.165, 1.54) is 6.42 Å². The Labute approximate surface area is 196 Å². The Balaban J connectivity index is 1.30. The van der Waals surface area contributed by atoms with Crippen molar-refractivity contribution >= 4 is 5.69 Å². The lowest BCUT2D eigenvalue weighted by atomic mass is 9.62. The number of hydrazine groups is 1. The first-order chi connectivity index (χ1) is 16.0. The van der Waals surface area contributed by atoms with Gasteiger partial charge in [-0.25, -0.2) is 4.39 Å². The summed E-state index contributed by atoms with van der Waals surface area (Å²) >= 11 is 0. The zero-order valence-electron chi connectivity index (χ0n) is 20.0. The average Bonchev–Trinajstić information content (AvgIpc) is 3.25. The van der Waals surface area contributed by atoms with Gasteiger partial charge in [-0.2, -0.15) is 0 Å². The van der Waals surface area contributed by atoms with Gasteiger partial charge in [0.25, 0.3) is 0 Å². The van der Waals surface area contributed by atoms with Crippen LogP contribution in [0.5, 0.6) is 0 Å². The first-order valence-electron chi connectivity index (χ1n) is 12.9. The molecule has 3 aliphatic heterocycles. The maximum absolute atomic E-state index is 14.2. The van der Waals surface area contributed by atoms with Crippen LogP contribution < -0.4 is 16.2 Å². The molecule has 3 N–H and O–H groups in total. The van der Waals surface area contributed by atoms with E-state index in [1.807, 2.05) is 6.20 Å². The van der Waals surface area contributed by atoms with Crippen LogP contribution in [0.15, 0.2) is 18.3 Å². The molecular formula is C25H40F2N6. The molecular weight excluding hydrogens is 422 g/mol. The Bertz CT molecular complexity index is 771. The van der Waals surface area contributed by atoms with Gasteiger partial charge in [0.2, 0.25) is 0 Å². The van der Waals surface area contributed by atoms with Gasteiger partial charge in [-0.05, 0) is 69.4 Å². The number of alkyl halides is 2. The fourth-order valence-corrected chi connectivity index (χ4v) is 6.99. The summed E-state index contributed by atoms with van der Waals surface area (Å²) in [5.41, 5.74) is 8.99. The first-order valence-corrected chi connectivity index (χ1v) is 12.9. The molecule has 5 rings (SSSR count). The van der Waals surface area contributed by atoms with Crippen molar-refractivity contribution in [2.24, 2.45) is 17.8 Å². The molecule has 5 unspecified atom stereocenters. The molecule has 0 bridgehead atoms. The second-order valence-electron chi connectivity index (χ2n) is 10.8. The van der Waals surface area contributed by atoms with Gasteiger partial charge < -0.3 is 5.32 Å². The lowest BCUT2D eigenvalue weighted by Gasteiger charge is -2.53. The lowest BCUT2D eigenvalue weighted by molar-refractivity contribution is -0.0477. The van der Waals surface area contributed by atoms with Gasteiger partial charge in [0.1, 0.15) is 6.17 Å². The van der Waals surface area contributed by atoms with Crippen LogP contribution in [-0.2, 0) is 0 Å². The van der Waals surface area contributed by atoms with Crippen molar-refractivity contribution in [1.29, 1.82) is 0 Å². The van der Waals surface area contributed by atoms with Crippen molar-refractivity contribution in [2.45, 2.75) is 69.9 Å². The van der Waals surface area contributed by atoms with E-state index in [4.69, 9.17) is 4.98 Å². The number of piperidine rings is 1. The van der Waals surface area contributed by atoms with E-state index in [9.17, 15) is 8.78 Å². The second kappa shape index (κ2) is 10.1. The summed E-state index contributed by atoms with van der Waals surface area (Å²) in [4.78, 5) is 9.60. The van der Waals surface area contributed by atoms with Crippen molar-refractivity contribution in [1.82, 2.24) is 25.6 Å². The third-order valence-corrected chi connectivity index (χ3v) is 8.48. The van der Waals surface area contributed by atoms with Crippen molar-refractivity contribution in [3.05, 3.63) is 24.0 Å². The van der Waals surface area contributed by atoms with E-state index in [0.717, 1.165) is 50.4 Å². The minimum absolute atomic E-state index is 0.174. The average molecular weight is 463 g/mol. The number of nitrogens with one attached hydrogen (secondary N) is 3. The van der Waals surface area contributed by atoms with E-state index < -0.39 is 6.17 Å². The number of aromatic nitrogens is 1. The molecule has 3 saturated heterocycles. The Kier molecular flexibility index (Phi) is 7.16. The number of rotatable bonds is 8. The third-order valence-electron chi connectivity index (χ3n) is 8.48. The molecule has 1 aromatic rings. The molecule has 1 aromatic heterocycles. The maximum Gasteiger partial charge on any atom is 0.110 e. The third kappa shape index (κ3) is 4.90. The van der Waals surface area contributed by atoms with E-state index in [1.54, 1.807) is 6.92 Å². The fourth-order valence-electron chi connectivity index (χ4n) is 6.99. The summed E-state index contributed by atoms with van der Waals surface area (Å²) in [7, 11) is 0. The number of nitrogens with zero attached hydrogens (tertiary/aromatic N) is 3. The Morgan fingerprint density at radius 2 is 2.06 bits per heavy atom. The summed E-state index contributed by atoms with van der Waals surface area (Å²) in [5, 5.41) is 3.57. The molecule has 4 aliphatic rings. The molecule has 7 atom stereocenters. The van der Waals surface area contributed by atoms with Crippen LogP contribution in [-0.4, -0.2) is 78.5 Å². The molecule has 33 heavy (non-hydrogen) atoms. The quantitative estimate of drug-likeness (QED) is 0.552. The van der Waals surface area contributed by atoms with Crippen LogP contribution in [0.25, 0.3) is 0 Å². The van der Waals surface area contributed by atoms with E-state index in [-0.39, 0.29) is 12.7 Å². The van der Waals surface area contributed by atoms with Gasteiger partial charge in [0.15, 0.2) is 0 Å². The summed E-state index contributed by atoms with van der Waals surface area (Å²) in [5.74, 6) is 1.81. The smallest absolute Gasteiger partial charge is 0.110 e. The fraction of sp³-hybridized carbons (Fsp3) is 0.800. The standard InChI is InChI=1S/C25H40F2N6/c1-16(27)13-33-17(2)10-21-20(5-7-23-22(21)12-29-31-23)25(33)24-6-4-18(11-28-24)30-19-14-32(15-19)9-3-8-26/h4,6,11,16-17,19-23,25,29-31H,3,5,7-10,12-15H2,1-2H3/t16?,17-,20?,21?,22?,23?,25+/m1/s1. The number of hydrogen-bond donors (Lipinski definition) is 3. The normalized spacial score (nSPS) is 36.1. The van der Waals surface area contributed by atoms with Gasteiger partial charge >= 0.3 is 0 Å². The molecule has 0 amide bonds. The SMILES string of the molecule is CC(F)CN1[C@H](C)CC2C3CNNC3CCC2[C@H]1c1ccc(NC2CN(CCCF)C2)cn1. The highest BCUT2D eigenvalue weighted by molar-refractivity contribution is 5.43. The molecule has 4 fully saturated rings. The number of halogens is 2. The van der Waals surface area contributed by atoms with Crippen molar-refractivity contribution in [3.8, 4) is 0 Å². The van der Waals surface area contributed by atoms with Gasteiger partial charge in [-0.3, -0.25) is 30.0 Å². The molecule has 1 aliphatic carbocycles. The lowest BCUT2D eigenvalue weighted by Crippen LogP contribution is -2.55. The minimum Gasteiger partial charge on any atom is -0.378 e. The van der Waals surface area contributed by atoms with E-state index in [0.29, 0.717) is 48.8 Å². The van der Waals surface area contributed by atoms with Crippen LogP contribution in [0.3, 0.4) is 0 Å². The van der Waals surface area contributed by atoms with Gasteiger partial charge in [-0.1, -0.05) is 0 Å². The summed E-state index contributed by atoms with van der Waals surface area (Å²) in [6, 6.07) is 5.79. The Morgan fingerprint density at radius 3 is 2.79 bits per heavy atom. The zero-order valence-corrected chi connectivity index (χ0v) is 20.0. The largest absolute Gasteiger partial charge is 0.378 e. The van der Waals surface area contributed by atoms with Crippen molar-refractivity contribution in [2.75, 3.05) is 44.7 Å². The van der Waals surface area contributed by atoms with Crippen LogP contribution in [0.1, 0.15) is 51.3 Å². The highest BCUT2D eigenvalue weighted by Gasteiger charge is 2.50. The first kappa shape index (κ1) is 23.4. The highest BCUT2D eigenvalue weighted by Crippen LogP contribution is 2.51. The van der Waals surface area contributed by atoms with Gasteiger partial charge in [0.05, 0.1) is 36.3 Å². The minimum atomic E-state index is -0.849. The Morgan fingerprint density at radius 1 is 1.21 bits per heavy atom. The number of pyridine rings is 1. The highest BCUT2D eigenvalue weighted by atomic mass is 19.1. The maximum atomic E-state index is 14.2. The van der Waals surface area contributed by atoms with E-state index in [2.05, 4.69) is 45.0 Å². The second-order valence-corrected chi connectivity index (χ2v) is 10.8. The summed E-state index contributed by atoms with van der Waals surface area (Å²) in [6.07, 6.45) is 5.19. The number of anilines is 1. The number of hydrogen-bond acceptors (Lipinski definition) is 6. The predicted octanol–water partition coefficient (Wildman–Crippen LogP) is 3.15. The molecule has 184 valence electrons. The molecule has 4 heterocycles. The molecule has 8 heteroatoms. The van der Waals surface area contributed by atoms with Gasteiger partial charge in [-0.15, -0.1) is 0 Å². The van der Waals surface area contributed by atoms with Crippen LogP contribution >= 0.6 is 0 Å². The molecule has 0 radical (unpaired) electrons. The monoisotopic (exact) mass is 462 g/mol. The Hall–Kier alpha value is -1.35. The summed E-state index contributed by atoms with van der Waals surface area (Å²) < 4.78 is 26.6. The van der Waals surface area contributed by atoms with Crippen LogP contribution in [0, 0.1) is 17.8 Å². The van der Waals surface area contributed by atoms with E-state index >= 15 is 0 Å². The summed E-state index contributed by atoms with van der Waals surface area (Å²) in [6.45, 7) is 7.96. The molecule has 6 nitrogen and oxygen atoms in total. The molecule has 0 aromatic carbocycles. The van der Waals surface area contributed by atoms with Crippen LogP contribution in [0.2, 0.25) is 0 Å². The van der Waals surface area contributed by atoms with Crippen molar-refractivity contribution < 1.29 is 8.78 Å². The molecule has 0 spiro atoms. The van der Waals surface area contributed by atoms with Gasteiger partial charge in [0, 0.05) is 44.8 Å². The number of fused-ring (bicyclic) bond motifs is 3. The number of likely N-dealkylation sites (tertiary alicyclic amines) is 2. The zero-order chi connectivity index (χ0) is 22.9. The van der Waals surface area contributed by atoms with Crippen LogP contribution in [0.4, 0.5) is 14.5 Å². The predicted molar refractivity (Wildman–Crippen MR) is 127 cm³/mol. The molecule has 1 saturated carbocycles. The van der Waals surface area contributed by atoms with Crippen molar-refractivity contribution in [3.63, 3.8) is 0 Å².